The second-order valence-corrected chi connectivity index (χ2v) is 17.7. The summed E-state index contributed by atoms with van der Waals surface area (Å²) in [6.07, 6.45) is 2.01. The molecule has 5 rings (SSSR count). The first-order valence-corrected chi connectivity index (χ1v) is 23.8. The highest BCUT2D eigenvalue weighted by atomic mass is 19.4. The number of hydrazone groups is 1. The van der Waals surface area contributed by atoms with Crippen LogP contribution in [0.25, 0.3) is 5.57 Å². The SMILES string of the molecule is CCc1[nH]n(CC)c(=O)c1C1=C(O)/C(=C2/C=CC(N(CCOC(=O)CCCN(C)c3ccc(/C=N/N(C)C)cc3)CCOC(=O)CCCN(C)c3ccc(CNN(C)C)cc3)C=C2NC(=O)C(F)(F)F)C1=O. The molecule has 0 aliphatic heterocycles. The number of benzene rings is 2. The lowest BCUT2D eigenvalue weighted by Gasteiger charge is -2.32. The third-order valence-electron chi connectivity index (χ3n) is 11.9. The van der Waals surface area contributed by atoms with Crippen LogP contribution in [0.15, 0.2) is 99.3 Å². The van der Waals surface area contributed by atoms with Gasteiger partial charge >= 0.3 is 24.0 Å². The van der Waals surface area contributed by atoms with Crippen LogP contribution in [0.4, 0.5) is 24.5 Å². The number of ether oxygens (including phenoxy) is 2. The molecule has 0 spiro atoms. The molecule has 1 heterocycles. The molecule has 0 radical (unpaired) electrons. The van der Waals surface area contributed by atoms with Crippen molar-refractivity contribution in [2.24, 2.45) is 5.10 Å². The summed E-state index contributed by atoms with van der Waals surface area (Å²) in [5.74, 6) is -4.68. The number of rotatable bonds is 26. The summed E-state index contributed by atoms with van der Waals surface area (Å²) in [5.41, 5.74) is 5.68. The number of carbonyl (C=O) groups is 4. The van der Waals surface area contributed by atoms with Crippen molar-refractivity contribution in [2.75, 3.05) is 91.5 Å². The first-order valence-electron chi connectivity index (χ1n) is 23.8. The lowest BCUT2D eigenvalue weighted by atomic mass is 9.79. The molecule has 21 heteroatoms. The highest BCUT2D eigenvalue weighted by Gasteiger charge is 2.43. The molecule has 0 saturated heterocycles. The molecule has 0 bridgehead atoms. The Bertz CT molecular complexity index is 2600. The number of hydrogen-bond acceptors (Lipinski definition) is 15. The van der Waals surface area contributed by atoms with Gasteiger partial charge in [-0.15, -0.1) is 0 Å². The molecule has 3 aromatic rings. The van der Waals surface area contributed by atoms with Crippen LogP contribution in [0.3, 0.4) is 0 Å². The van der Waals surface area contributed by atoms with Gasteiger partial charge in [0.1, 0.15) is 19.0 Å². The topological polar surface area (TPSA) is 197 Å². The van der Waals surface area contributed by atoms with Crippen molar-refractivity contribution in [3.8, 4) is 0 Å². The molecular weight excluding hydrogens is 938 g/mol. The highest BCUT2D eigenvalue weighted by Crippen LogP contribution is 2.40. The molecule has 18 nitrogen and oxygen atoms in total. The molecule has 2 aliphatic rings. The van der Waals surface area contributed by atoms with E-state index in [-0.39, 0.29) is 68.0 Å². The van der Waals surface area contributed by atoms with Crippen LogP contribution in [-0.2, 0) is 48.2 Å². The van der Waals surface area contributed by atoms with Gasteiger partial charge in [-0.25, -0.2) is 0 Å². The summed E-state index contributed by atoms with van der Waals surface area (Å²) >= 11 is 0. The van der Waals surface area contributed by atoms with Gasteiger partial charge in [-0.1, -0.05) is 43.3 Å². The van der Waals surface area contributed by atoms with E-state index in [1.165, 1.54) is 22.9 Å². The maximum Gasteiger partial charge on any atom is 0.471 e. The second-order valence-electron chi connectivity index (χ2n) is 17.7. The van der Waals surface area contributed by atoms with Crippen LogP contribution >= 0.6 is 0 Å². The summed E-state index contributed by atoms with van der Waals surface area (Å²) in [4.78, 5) is 71.0. The molecule has 2 aromatic carbocycles. The molecule has 1 unspecified atom stereocenters. The number of anilines is 2. The van der Waals surface area contributed by atoms with E-state index in [9.17, 15) is 42.3 Å². The number of hydrazine groups is 1. The van der Waals surface area contributed by atoms with Gasteiger partial charge in [-0.05, 0) is 67.7 Å². The number of aromatic nitrogens is 2. The fourth-order valence-electron chi connectivity index (χ4n) is 7.90. The molecular formula is C51H67F3N10O8. The predicted octanol–water partition coefficient (Wildman–Crippen LogP) is 5.09. The molecule has 0 fully saturated rings. The van der Waals surface area contributed by atoms with Crippen molar-refractivity contribution in [3.63, 3.8) is 0 Å². The van der Waals surface area contributed by atoms with Crippen molar-refractivity contribution in [1.29, 1.82) is 0 Å². The third kappa shape index (κ3) is 15.3. The number of esters is 2. The summed E-state index contributed by atoms with van der Waals surface area (Å²) in [6.45, 7) is 5.26. The van der Waals surface area contributed by atoms with Crippen molar-refractivity contribution in [3.05, 3.63) is 122 Å². The molecule has 1 amide bonds. The van der Waals surface area contributed by atoms with Gasteiger partial charge in [-0.3, -0.25) is 49.1 Å². The number of aryl methyl sites for hydroxylation is 2. The van der Waals surface area contributed by atoms with Gasteiger partial charge in [-0.2, -0.15) is 18.3 Å². The zero-order chi connectivity index (χ0) is 52.7. The molecule has 4 N–H and O–H groups in total. The van der Waals surface area contributed by atoms with Gasteiger partial charge in [0.2, 0.25) is 5.78 Å². The summed E-state index contributed by atoms with van der Waals surface area (Å²) in [6, 6.07) is 15.0. The number of amides is 1. The van der Waals surface area contributed by atoms with Crippen LogP contribution < -0.4 is 26.1 Å². The number of aromatic amines is 1. The van der Waals surface area contributed by atoms with Gasteiger partial charge in [0, 0.05) is 129 Å². The standard InChI is InChI=1S/C51H67F3N10O8/c1-9-40-45(49(69)64(10-2)58-40)46-47(67)44(48(46)68)39-24-23-38(31-41(39)57-50(70)51(52,53)54)63(27-29-71-42(65)13-11-25-61(7)36-19-15-34(16-20-36)32-55-59(3)4)28-30-72-43(66)14-12-26-62(8)37-21-17-35(18-22-37)33-56-60(5)6/h15-24,31-32,38,56,58,67H,9-14,25-30,33H2,1-8H3,(H,57,70)/b44-39+,55-32+. The minimum atomic E-state index is -5.32. The average molecular weight is 1010 g/mol. The van der Waals surface area contributed by atoms with E-state index in [2.05, 4.69) is 15.6 Å². The molecule has 2 aliphatic carbocycles. The van der Waals surface area contributed by atoms with Crippen LogP contribution in [-0.4, -0.2) is 154 Å². The molecule has 72 heavy (non-hydrogen) atoms. The molecule has 390 valence electrons. The second kappa shape index (κ2) is 25.9. The number of carbonyl (C=O) groups excluding carboxylic acids is 4. The van der Waals surface area contributed by atoms with Gasteiger partial charge in [0.25, 0.3) is 5.56 Å². The van der Waals surface area contributed by atoms with Crippen LogP contribution in [0, 0.1) is 0 Å². The number of ketones is 1. The average Bonchev–Trinajstić information content (AvgIpc) is 3.66. The van der Waals surface area contributed by atoms with Crippen LogP contribution in [0.2, 0.25) is 0 Å². The van der Waals surface area contributed by atoms with Crippen molar-refractivity contribution in [1.82, 2.24) is 35.4 Å². The van der Waals surface area contributed by atoms with Crippen LogP contribution in [0.5, 0.6) is 0 Å². The van der Waals surface area contributed by atoms with E-state index >= 15 is 0 Å². The maximum absolute atomic E-state index is 13.8. The summed E-state index contributed by atoms with van der Waals surface area (Å²) in [7, 11) is 11.3. The number of nitrogens with zero attached hydrogens (tertiary/aromatic N) is 7. The maximum atomic E-state index is 13.8. The number of aliphatic hydroxyl groups excluding tert-OH is 1. The number of alkyl halides is 3. The predicted molar refractivity (Wildman–Crippen MR) is 270 cm³/mol. The third-order valence-corrected chi connectivity index (χ3v) is 11.9. The van der Waals surface area contributed by atoms with E-state index in [1.54, 1.807) is 30.0 Å². The number of nitrogens with one attached hydrogen (secondary N) is 3. The quantitative estimate of drug-likeness (QED) is 0.0359. The Labute approximate surface area is 418 Å². The fraction of sp³-hybridized carbons (Fsp3) is 0.451. The highest BCUT2D eigenvalue weighted by molar-refractivity contribution is 6.39. The molecule has 1 aromatic heterocycles. The van der Waals surface area contributed by atoms with Gasteiger partial charge < -0.3 is 34.7 Å². The first-order chi connectivity index (χ1) is 34.2. The number of aliphatic hydroxyl groups is 1. The minimum Gasteiger partial charge on any atom is -0.506 e. The monoisotopic (exact) mass is 1000 g/mol. The van der Waals surface area contributed by atoms with E-state index in [4.69, 9.17) is 9.47 Å². The fourth-order valence-corrected chi connectivity index (χ4v) is 7.90. The zero-order valence-electron chi connectivity index (χ0n) is 42.3. The Morgan fingerprint density at radius 1 is 0.833 bits per heavy atom. The minimum absolute atomic E-state index is 0.0184. The number of allylic oxidation sites excluding steroid dienone is 3. The first kappa shape index (κ1) is 56.0. The number of Topliss-reactive ketones (excluding diaryl/α,β-unsaturated/α-hetero) is 1. The van der Waals surface area contributed by atoms with Gasteiger partial charge in [0.05, 0.1) is 22.9 Å². The summed E-state index contributed by atoms with van der Waals surface area (Å²) in [5, 5.41) is 23.9. The Kier molecular flexibility index (Phi) is 20.2. The lowest BCUT2D eigenvalue weighted by Crippen LogP contribution is -2.42. The van der Waals surface area contributed by atoms with Crippen molar-refractivity contribution < 1.29 is 46.9 Å². The number of halogens is 3. The van der Waals surface area contributed by atoms with Crippen molar-refractivity contribution >= 4 is 46.8 Å². The smallest absolute Gasteiger partial charge is 0.471 e. The lowest BCUT2D eigenvalue weighted by molar-refractivity contribution is -0.172. The van der Waals surface area contributed by atoms with E-state index in [0.29, 0.717) is 44.6 Å². The number of H-pyrrole nitrogens is 1. The van der Waals surface area contributed by atoms with E-state index < -0.39 is 52.9 Å². The normalized spacial score (nSPS) is 15.8. The Morgan fingerprint density at radius 3 is 1.90 bits per heavy atom. The van der Waals surface area contributed by atoms with Crippen molar-refractivity contribution in [2.45, 2.75) is 71.3 Å². The number of hydrogen-bond donors (Lipinski definition) is 4. The Morgan fingerprint density at radius 2 is 1.40 bits per heavy atom. The Balaban J connectivity index is 1.28. The molecule has 1 atom stereocenters. The van der Waals surface area contributed by atoms with E-state index in [0.717, 1.165) is 22.5 Å². The largest absolute Gasteiger partial charge is 0.506 e. The van der Waals surface area contributed by atoms with E-state index in [1.807, 2.05) is 111 Å². The Hall–Kier alpha value is -6.97. The van der Waals surface area contributed by atoms with Gasteiger partial charge in [0.15, 0.2) is 0 Å². The van der Waals surface area contributed by atoms with Crippen LogP contribution in [0.1, 0.15) is 61.9 Å². The zero-order valence-corrected chi connectivity index (χ0v) is 42.3. The molecule has 0 saturated carbocycles. The summed E-state index contributed by atoms with van der Waals surface area (Å²) < 4.78 is 53.8.